The highest BCUT2D eigenvalue weighted by Crippen LogP contribution is 2.31. The Bertz CT molecular complexity index is 951. The topological polar surface area (TPSA) is 109 Å². The number of rotatable bonds is 9. The van der Waals surface area contributed by atoms with Gasteiger partial charge in [0.2, 0.25) is 0 Å². The minimum Gasteiger partial charge on any atom is -0.486 e. The number of carbonyl (C=O) groups excluding carboxylic acids is 1. The number of amides is 1. The number of hydrogen-bond donors (Lipinski definition) is 3. The van der Waals surface area contributed by atoms with Crippen LogP contribution >= 0.6 is 0 Å². The molecule has 7 nitrogen and oxygen atoms in total. The minimum absolute atomic E-state index is 0.0327. The van der Waals surface area contributed by atoms with E-state index in [1.807, 2.05) is 0 Å². The van der Waals surface area contributed by atoms with Gasteiger partial charge in [0.25, 0.3) is 5.91 Å². The second-order valence-corrected chi connectivity index (χ2v) is 6.83. The molecule has 31 heavy (non-hydrogen) atoms. The molecule has 1 heterocycles. The Labute approximate surface area is 174 Å². The van der Waals surface area contributed by atoms with Gasteiger partial charge in [-0.15, -0.1) is 0 Å². The van der Waals surface area contributed by atoms with Crippen molar-refractivity contribution in [2.45, 2.75) is 31.7 Å². The average Bonchev–Trinajstić information content (AvgIpc) is 2.72. The van der Waals surface area contributed by atoms with Gasteiger partial charge in [-0.25, -0.2) is 13.6 Å². The van der Waals surface area contributed by atoms with Gasteiger partial charge in [-0.3, -0.25) is 9.78 Å². The zero-order valence-electron chi connectivity index (χ0n) is 16.5. The Hall–Kier alpha value is -3.21. The third-order valence-corrected chi connectivity index (χ3v) is 4.34. The lowest BCUT2D eigenvalue weighted by Gasteiger charge is -2.21. The SMILES string of the molecule is Cc1cc(C(F)(F)C(=O)N[C@H](C)c2ccc(OCC(F)(F)CO)cn2)ccc1C(=O)O. The summed E-state index contributed by atoms with van der Waals surface area (Å²) in [6.45, 7) is 0.292. The van der Waals surface area contributed by atoms with Gasteiger partial charge in [0.15, 0.2) is 6.61 Å². The molecule has 3 N–H and O–H groups in total. The summed E-state index contributed by atoms with van der Waals surface area (Å²) in [5.74, 6) is -10.3. The van der Waals surface area contributed by atoms with E-state index in [0.29, 0.717) is 0 Å². The molecule has 0 saturated heterocycles. The smallest absolute Gasteiger partial charge is 0.349 e. The van der Waals surface area contributed by atoms with Crippen LogP contribution in [0.3, 0.4) is 0 Å². The number of halogens is 4. The number of nitrogens with zero attached hydrogens (tertiary/aromatic N) is 1. The van der Waals surface area contributed by atoms with Gasteiger partial charge < -0.3 is 20.3 Å². The Balaban J connectivity index is 2.07. The van der Waals surface area contributed by atoms with Crippen molar-refractivity contribution in [1.29, 1.82) is 0 Å². The second-order valence-electron chi connectivity index (χ2n) is 6.83. The number of aryl methyl sites for hydroxylation is 1. The molecule has 1 atom stereocenters. The van der Waals surface area contributed by atoms with Crippen LogP contribution < -0.4 is 10.1 Å². The van der Waals surface area contributed by atoms with Gasteiger partial charge in [-0.05, 0) is 43.7 Å². The first kappa shape index (κ1) is 24.1. The van der Waals surface area contributed by atoms with Gasteiger partial charge in [0, 0.05) is 5.56 Å². The number of pyridine rings is 1. The minimum atomic E-state index is -3.94. The summed E-state index contributed by atoms with van der Waals surface area (Å²) in [6.07, 6.45) is 1.08. The molecule has 1 amide bonds. The molecular formula is C20H20F4N2O5. The summed E-state index contributed by atoms with van der Waals surface area (Å²) in [5.41, 5.74) is -0.574. The van der Waals surface area contributed by atoms with Crippen molar-refractivity contribution in [3.05, 3.63) is 58.9 Å². The zero-order chi connectivity index (χ0) is 23.4. The van der Waals surface area contributed by atoms with E-state index in [1.165, 1.54) is 26.0 Å². The molecule has 2 rings (SSSR count). The van der Waals surface area contributed by atoms with Crippen LogP contribution in [0.4, 0.5) is 17.6 Å². The van der Waals surface area contributed by atoms with Crippen molar-refractivity contribution >= 4 is 11.9 Å². The number of alkyl halides is 4. The molecular weight excluding hydrogens is 424 g/mol. The van der Waals surface area contributed by atoms with Crippen LogP contribution in [0.15, 0.2) is 36.5 Å². The van der Waals surface area contributed by atoms with Gasteiger partial charge in [-0.2, -0.15) is 8.78 Å². The lowest BCUT2D eigenvalue weighted by molar-refractivity contribution is -0.147. The maximum Gasteiger partial charge on any atom is 0.349 e. The van der Waals surface area contributed by atoms with E-state index in [4.69, 9.17) is 14.9 Å². The maximum atomic E-state index is 14.6. The van der Waals surface area contributed by atoms with Crippen molar-refractivity contribution in [3.63, 3.8) is 0 Å². The van der Waals surface area contributed by atoms with Crippen LogP contribution in [0.1, 0.15) is 40.1 Å². The summed E-state index contributed by atoms with van der Waals surface area (Å²) < 4.78 is 59.9. The summed E-state index contributed by atoms with van der Waals surface area (Å²) in [4.78, 5) is 27.1. The fourth-order valence-corrected chi connectivity index (χ4v) is 2.56. The molecule has 0 bridgehead atoms. The molecule has 0 aliphatic carbocycles. The first-order chi connectivity index (χ1) is 14.4. The number of carboxylic acid groups (broad SMARTS) is 1. The number of benzene rings is 1. The number of carbonyl (C=O) groups is 2. The van der Waals surface area contributed by atoms with E-state index < -0.39 is 48.5 Å². The van der Waals surface area contributed by atoms with E-state index in [0.717, 1.165) is 24.4 Å². The van der Waals surface area contributed by atoms with E-state index in [2.05, 4.69) is 10.3 Å². The zero-order valence-corrected chi connectivity index (χ0v) is 16.5. The number of aromatic nitrogens is 1. The lowest BCUT2D eigenvalue weighted by atomic mass is 10.0. The van der Waals surface area contributed by atoms with Crippen molar-refractivity contribution in [3.8, 4) is 5.75 Å². The van der Waals surface area contributed by atoms with Gasteiger partial charge in [0.1, 0.15) is 12.4 Å². The fraction of sp³-hybridized carbons (Fsp3) is 0.350. The molecule has 1 aromatic carbocycles. The number of aliphatic hydroxyl groups excluding tert-OH is 1. The monoisotopic (exact) mass is 444 g/mol. The van der Waals surface area contributed by atoms with E-state index in [9.17, 15) is 27.2 Å². The second kappa shape index (κ2) is 9.29. The van der Waals surface area contributed by atoms with Crippen LogP contribution in [-0.4, -0.2) is 46.2 Å². The van der Waals surface area contributed by atoms with E-state index >= 15 is 0 Å². The maximum absolute atomic E-state index is 14.6. The largest absolute Gasteiger partial charge is 0.486 e. The first-order valence-corrected chi connectivity index (χ1v) is 8.98. The normalized spacial score (nSPS) is 12.9. The molecule has 0 fully saturated rings. The van der Waals surface area contributed by atoms with Crippen LogP contribution in [0.25, 0.3) is 0 Å². The Morgan fingerprint density at radius 2 is 1.87 bits per heavy atom. The Morgan fingerprint density at radius 3 is 2.39 bits per heavy atom. The lowest BCUT2D eigenvalue weighted by Crippen LogP contribution is -2.39. The Kier molecular flexibility index (Phi) is 7.21. The van der Waals surface area contributed by atoms with Crippen LogP contribution in [0.2, 0.25) is 0 Å². The molecule has 168 valence electrons. The predicted molar refractivity (Wildman–Crippen MR) is 100 cm³/mol. The fourth-order valence-electron chi connectivity index (χ4n) is 2.56. The highest BCUT2D eigenvalue weighted by Gasteiger charge is 2.42. The predicted octanol–water partition coefficient (Wildman–Crippen LogP) is 3.06. The number of nitrogens with one attached hydrogen (secondary N) is 1. The third-order valence-electron chi connectivity index (χ3n) is 4.34. The number of aromatic carboxylic acids is 1. The van der Waals surface area contributed by atoms with Gasteiger partial charge in [0.05, 0.1) is 23.5 Å². The van der Waals surface area contributed by atoms with Crippen LogP contribution in [-0.2, 0) is 10.7 Å². The average molecular weight is 444 g/mol. The number of hydrogen-bond acceptors (Lipinski definition) is 5. The Morgan fingerprint density at radius 1 is 1.19 bits per heavy atom. The van der Waals surface area contributed by atoms with Crippen molar-refractivity contribution in [2.24, 2.45) is 0 Å². The number of aliphatic hydroxyl groups is 1. The van der Waals surface area contributed by atoms with E-state index in [1.54, 1.807) is 0 Å². The summed E-state index contributed by atoms with van der Waals surface area (Å²) in [6, 6.07) is 4.42. The molecule has 11 heteroatoms. The molecule has 0 radical (unpaired) electrons. The standard InChI is InChI=1S/C20H20F4N2O5/c1-11-7-13(3-5-15(11)17(28)29)20(23,24)18(30)26-12(2)16-6-4-14(8-25-16)31-10-19(21,22)9-27/h3-8,12,27H,9-10H2,1-2H3,(H,26,30)(H,28,29)/t12-/m1/s1. The van der Waals surface area contributed by atoms with Crippen LogP contribution in [0, 0.1) is 6.92 Å². The molecule has 1 aromatic heterocycles. The van der Waals surface area contributed by atoms with Crippen molar-refractivity contribution < 1.29 is 42.1 Å². The van der Waals surface area contributed by atoms with Gasteiger partial charge in [-0.1, -0.05) is 6.07 Å². The highest BCUT2D eigenvalue weighted by atomic mass is 19.3. The van der Waals surface area contributed by atoms with Gasteiger partial charge >= 0.3 is 17.8 Å². The van der Waals surface area contributed by atoms with Crippen molar-refractivity contribution in [1.82, 2.24) is 10.3 Å². The highest BCUT2D eigenvalue weighted by molar-refractivity contribution is 5.90. The number of ether oxygens (including phenoxy) is 1. The third kappa shape index (κ3) is 5.91. The van der Waals surface area contributed by atoms with E-state index in [-0.39, 0.29) is 22.6 Å². The molecule has 0 unspecified atom stereocenters. The summed E-state index contributed by atoms with van der Waals surface area (Å²) >= 11 is 0. The first-order valence-electron chi connectivity index (χ1n) is 8.98. The summed E-state index contributed by atoms with van der Waals surface area (Å²) in [5, 5.41) is 19.6. The molecule has 0 aliphatic heterocycles. The molecule has 0 saturated carbocycles. The van der Waals surface area contributed by atoms with Crippen LogP contribution in [0.5, 0.6) is 5.75 Å². The molecule has 0 spiro atoms. The quantitative estimate of drug-likeness (QED) is 0.513. The summed E-state index contributed by atoms with van der Waals surface area (Å²) in [7, 11) is 0. The van der Waals surface area contributed by atoms with Crippen molar-refractivity contribution in [2.75, 3.05) is 13.2 Å². The molecule has 2 aromatic rings. The number of carboxylic acids is 1. The molecule has 0 aliphatic rings.